The number of hydrogen-bond donors (Lipinski definition) is 0. The molecule has 2 aromatic carbocycles. The molecule has 35 heavy (non-hydrogen) atoms. The van der Waals surface area contributed by atoms with E-state index in [0.29, 0.717) is 31.9 Å². The molecule has 1 aliphatic heterocycles. The number of carbonyl (C=O) groups is 1. The zero-order valence-electron chi connectivity index (χ0n) is 19.5. The molecule has 1 atom stereocenters. The average Bonchev–Trinajstić information content (AvgIpc) is 3.12. The predicted molar refractivity (Wildman–Crippen MR) is 140 cm³/mol. The maximum Gasteiger partial charge on any atom is 0.338 e. The minimum Gasteiger partial charge on any atom is -0.480 e. The van der Waals surface area contributed by atoms with Crippen molar-refractivity contribution in [3.05, 3.63) is 94.6 Å². The minimum absolute atomic E-state index is 0.110. The van der Waals surface area contributed by atoms with Crippen molar-refractivity contribution in [2.45, 2.75) is 26.8 Å². The topological polar surface area (TPSA) is 69.9 Å². The Labute approximate surface area is 215 Å². The summed E-state index contributed by atoms with van der Waals surface area (Å²) in [6, 6.07) is 12.6. The number of allylic oxidation sites excluding steroid dienone is 1. The van der Waals surface area contributed by atoms with Gasteiger partial charge in [0.1, 0.15) is 12.4 Å². The second kappa shape index (κ2) is 10.5. The summed E-state index contributed by atoms with van der Waals surface area (Å²) in [5.74, 6) is 2.54. The van der Waals surface area contributed by atoms with Crippen LogP contribution in [0.1, 0.15) is 36.6 Å². The molecule has 0 spiro atoms. The van der Waals surface area contributed by atoms with E-state index < -0.39 is 12.0 Å². The van der Waals surface area contributed by atoms with Gasteiger partial charge in [-0.05, 0) is 50.6 Å². The summed E-state index contributed by atoms with van der Waals surface area (Å²) < 4.78 is 13.9. The molecule has 1 aromatic heterocycles. The van der Waals surface area contributed by atoms with Crippen LogP contribution in [0.25, 0.3) is 6.08 Å². The molecular weight excluding hydrogens is 528 g/mol. The van der Waals surface area contributed by atoms with Crippen molar-refractivity contribution in [3.63, 3.8) is 0 Å². The van der Waals surface area contributed by atoms with Gasteiger partial charge in [0.05, 0.1) is 28.5 Å². The van der Waals surface area contributed by atoms with Gasteiger partial charge in [-0.3, -0.25) is 9.36 Å². The summed E-state index contributed by atoms with van der Waals surface area (Å²) in [7, 11) is 0. The van der Waals surface area contributed by atoms with E-state index in [1.165, 1.54) is 11.3 Å². The van der Waals surface area contributed by atoms with Crippen molar-refractivity contribution in [2.75, 3.05) is 13.2 Å². The molecule has 0 radical (unpaired) electrons. The molecule has 2 heterocycles. The summed E-state index contributed by atoms with van der Waals surface area (Å²) >= 11 is 4.73. The number of terminal acetylenes is 1. The van der Waals surface area contributed by atoms with Gasteiger partial charge in [-0.1, -0.05) is 63.0 Å². The van der Waals surface area contributed by atoms with Crippen LogP contribution in [0.3, 0.4) is 0 Å². The first kappa shape index (κ1) is 24.7. The third-order valence-electron chi connectivity index (χ3n) is 5.48. The number of halogens is 1. The van der Waals surface area contributed by atoms with E-state index in [1.807, 2.05) is 43.3 Å². The Balaban J connectivity index is 1.94. The molecule has 8 heteroatoms. The van der Waals surface area contributed by atoms with Crippen molar-refractivity contribution in [1.29, 1.82) is 0 Å². The summed E-state index contributed by atoms with van der Waals surface area (Å²) in [4.78, 5) is 31.8. The van der Waals surface area contributed by atoms with Crippen molar-refractivity contribution in [2.24, 2.45) is 4.99 Å². The summed E-state index contributed by atoms with van der Waals surface area (Å²) in [6.07, 6.45) is 7.11. The van der Waals surface area contributed by atoms with Crippen molar-refractivity contribution >= 4 is 39.3 Å². The molecule has 0 aliphatic carbocycles. The number of aryl methyl sites for hydroxylation is 1. The molecule has 4 rings (SSSR count). The largest absolute Gasteiger partial charge is 0.480 e. The van der Waals surface area contributed by atoms with Crippen LogP contribution < -0.4 is 19.6 Å². The highest BCUT2D eigenvalue weighted by atomic mass is 79.9. The lowest BCUT2D eigenvalue weighted by atomic mass is 9.95. The fourth-order valence-corrected chi connectivity index (χ4v) is 5.30. The van der Waals surface area contributed by atoms with Crippen LogP contribution >= 0.6 is 27.3 Å². The van der Waals surface area contributed by atoms with Gasteiger partial charge < -0.3 is 9.47 Å². The number of rotatable bonds is 6. The number of fused-ring (bicyclic) bond motifs is 1. The Morgan fingerprint density at radius 1 is 1.26 bits per heavy atom. The molecular formula is C27H23BrN2O4S. The molecule has 0 fully saturated rings. The molecule has 0 saturated carbocycles. The average molecular weight is 551 g/mol. The normalized spacial score (nSPS) is 15.3. The zero-order valence-corrected chi connectivity index (χ0v) is 21.9. The highest BCUT2D eigenvalue weighted by Crippen LogP contribution is 2.31. The van der Waals surface area contributed by atoms with Crippen LogP contribution in [-0.4, -0.2) is 23.8 Å². The van der Waals surface area contributed by atoms with Crippen LogP contribution in [0.4, 0.5) is 0 Å². The molecule has 178 valence electrons. The zero-order chi connectivity index (χ0) is 25.1. The van der Waals surface area contributed by atoms with Crippen LogP contribution in [-0.2, 0) is 9.53 Å². The Morgan fingerprint density at radius 2 is 2.00 bits per heavy atom. The van der Waals surface area contributed by atoms with E-state index in [4.69, 9.17) is 15.9 Å². The van der Waals surface area contributed by atoms with E-state index in [9.17, 15) is 9.59 Å². The first-order valence-corrected chi connectivity index (χ1v) is 12.6. The lowest BCUT2D eigenvalue weighted by molar-refractivity contribution is -0.139. The molecule has 0 saturated heterocycles. The van der Waals surface area contributed by atoms with Crippen molar-refractivity contribution in [1.82, 2.24) is 4.57 Å². The van der Waals surface area contributed by atoms with E-state index in [2.05, 4.69) is 26.8 Å². The Bertz CT molecular complexity index is 1540. The molecule has 1 aliphatic rings. The second-order valence-electron chi connectivity index (χ2n) is 7.89. The van der Waals surface area contributed by atoms with E-state index in [-0.39, 0.29) is 18.8 Å². The Kier molecular flexibility index (Phi) is 7.39. The quantitative estimate of drug-likeness (QED) is 0.345. The predicted octanol–water partition coefficient (Wildman–Crippen LogP) is 3.88. The molecule has 3 aromatic rings. The number of esters is 1. The van der Waals surface area contributed by atoms with E-state index in [1.54, 1.807) is 30.6 Å². The number of hydrogen-bond acceptors (Lipinski definition) is 6. The summed E-state index contributed by atoms with van der Waals surface area (Å²) in [6.45, 7) is 5.84. The number of thiazole rings is 1. The second-order valence-corrected chi connectivity index (χ2v) is 9.81. The lowest BCUT2D eigenvalue weighted by Crippen LogP contribution is -2.39. The fraction of sp³-hybridized carbons (Fsp3) is 0.222. The van der Waals surface area contributed by atoms with Crippen molar-refractivity contribution < 1.29 is 14.3 Å². The fourth-order valence-electron chi connectivity index (χ4n) is 3.88. The third kappa shape index (κ3) is 5.02. The number of benzene rings is 2. The van der Waals surface area contributed by atoms with Crippen LogP contribution in [0, 0.1) is 19.3 Å². The van der Waals surface area contributed by atoms with Gasteiger partial charge in [0, 0.05) is 10.0 Å². The van der Waals surface area contributed by atoms with Crippen LogP contribution in [0.15, 0.2) is 68.0 Å². The molecule has 0 unspecified atom stereocenters. The maximum atomic E-state index is 13.7. The number of aromatic nitrogens is 1. The van der Waals surface area contributed by atoms with E-state index in [0.717, 1.165) is 15.6 Å². The maximum absolute atomic E-state index is 13.7. The number of nitrogens with zero attached hydrogens (tertiary/aromatic N) is 2. The SMILES string of the molecule is C#CCOc1ccc(Br)cc1/C=c1\sc2n(c1=O)[C@@H](c1ccc(C)cc1)C(C(=O)OCC)=C(C)N=2. The van der Waals surface area contributed by atoms with Crippen molar-refractivity contribution in [3.8, 4) is 18.1 Å². The number of ether oxygens (including phenoxy) is 2. The van der Waals surface area contributed by atoms with Gasteiger partial charge in [0.2, 0.25) is 0 Å². The van der Waals surface area contributed by atoms with Gasteiger partial charge in [0.15, 0.2) is 4.80 Å². The Morgan fingerprint density at radius 3 is 2.69 bits per heavy atom. The smallest absolute Gasteiger partial charge is 0.338 e. The standard InChI is InChI=1S/C27H23BrN2O4S/c1-5-13-34-21-12-11-20(28)14-19(21)15-22-25(31)30-24(18-9-7-16(3)8-10-18)23(26(32)33-6-2)17(4)29-27(30)35-22/h1,7-12,14-15,24H,6,13H2,2-4H3/b22-15-/t24-/m0/s1. The minimum atomic E-state index is -0.646. The highest BCUT2D eigenvalue weighted by molar-refractivity contribution is 9.10. The van der Waals surface area contributed by atoms with Crippen LogP contribution in [0.2, 0.25) is 0 Å². The van der Waals surface area contributed by atoms with Gasteiger partial charge in [0.25, 0.3) is 5.56 Å². The van der Waals surface area contributed by atoms with Gasteiger partial charge >= 0.3 is 5.97 Å². The summed E-state index contributed by atoms with van der Waals surface area (Å²) in [5, 5.41) is 0. The van der Waals surface area contributed by atoms with E-state index >= 15 is 0 Å². The third-order valence-corrected chi connectivity index (χ3v) is 6.96. The van der Waals surface area contributed by atoms with Gasteiger partial charge in [-0.2, -0.15) is 0 Å². The molecule has 0 N–H and O–H groups in total. The lowest BCUT2D eigenvalue weighted by Gasteiger charge is -2.24. The monoisotopic (exact) mass is 550 g/mol. The molecule has 6 nitrogen and oxygen atoms in total. The first-order chi connectivity index (χ1) is 16.8. The van der Waals surface area contributed by atoms with Crippen LogP contribution in [0.5, 0.6) is 5.75 Å². The summed E-state index contributed by atoms with van der Waals surface area (Å²) in [5.41, 5.74) is 3.22. The highest BCUT2D eigenvalue weighted by Gasteiger charge is 2.33. The van der Waals surface area contributed by atoms with Gasteiger partial charge in [-0.15, -0.1) is 6.42 Å². The molecule has 0 bridgehead atoms. The first-order valence-electron chi connectivity index (χ1n) is 11.0. The van der Waals surface area contributed by atoms with Gasteiger partial charge in [-0.25, -0.2) is 9.79 Å². The number of carbonyl (C=O) groups excluding carboxylic acids is 1. The molecule has 0 amide bonds. The Hall–Kier alpha value is -3.41.